The van der Waals surface area contributed by atoms with Crippen LogP contribution >= 0.6 is 22.9 Å². The first kappa shape index (κ1) is 23.9. The number of aromatic nitrogens is 1. The summed E-state index contributed by atoms with van der Waals surface area (Å²) in [7, 11) is 1.70. The van der Waals surface area contributed by atoms with Gasteiger partial charge in [-0.25, -0.2) is 4.98 Å². The van der Waals surface area contributed by atoms with Crippen molar-refractivity contribution in [2.75, 3.05) is 32.1 Å². The third-order valence-electron chi connectivity index (χ3n) is 6.29. The fourth-order valence-corrected chi connectivity index (χ4v) is 5.92. The fourth-order valence-electron chi connectivity index (χ4n) is 4.65. The minimum atomic E-state index is 0.695. The summed E-state index contributed by atoms with van der Waals surface area (Å²) in [6.45, 7) is 6.28. The summed E-state index contributed by atoms with van der Waals surface area (Å²) in [5.41, 5.74) is 2.92. The molecule has 0 saturated heterocycles. The van der Waals surface area contributed by atoms with Gasteiger partial charge in [-0.2, -0.15) is 0 Å². The number of nitrogens with zero attached hydrogens (tertiary/aromatic N) is 2. The van der Waals surface area contributed by atoms with Crippen LogP contribution in [0.25, 0.3) is 31.9 Å². The first-order valence-corrected chi connectivity index (χ1v) is 13.3. The SMILES string of the molecule is CCCN(CCCNc1c2ccc(Cl)cc2nc2ccc(OC)cc12)Cc1cc2ccccc2s1. The third-order valence-corrected chi connectivity index (χ3v) is 7.63. The number of nitrogens with one attached hydrogen (secondary N) is 1. The Morgan fingerprint density at radius 3 is 2.69 bits per heavy atom. The lowest BCUT2D eigenvalue weighted by Gasteiger charge is -2.21. The maximum Gasteiger partial charge on any atom is 0.119 e. The number of hydrogen-bond donors (Lipinski definition) is 1. The van der Waals surface area contributed by atoms with Gasteiger partial charge >= 0.3 is 0 Å². The van der Waals surface area contributed by atoms with Crippen molar-refractivity contribution in [1.29, 1.82) is 0 Å². The molecular weight excluding hydrogens is 474 g/mol. The molecule has 0 fully saturated rings. The zero-order valence-electron chi connectivity index (χ0n) is 20.2. The number of ether oxygens (including phenoxy) is 1. The van der Waals surface area contributed by atoms with Crippen molar-refractivity contribution in [2.45, 2.75) is 26.3 Å². The van der Waals surface area contributed by atoms with E-state index in [2.05, 4.69) is 59.6 Å². The molecule has 0 spiro atoms. The van der Waals surface area contributed by atoms with Gasteiger partial charge in [-0.1, -0.05) is 36.7 Å². The molecule has 5 aromatic rings. The van der Waals surface area contributed by atoms with Gasteiger partial charge in [0.05, 0.1) is 23.8 Å². The zero-order chi connectivity index (χ0) is 24.2. The van der Waals surface area contributed by atoms with Gasteiger partial charge in [0.15, 0.2) is 0 Å². The van der Waals surface area contributed by atoms with E-state index < -0.39 is 0 Å². The summed E-state index contributed by atoms with van der Waals surface area (Å²) in [5.74, 6) is 0.827. The fraction of sp³-hybridized carbons (Fsp3) is 0.276. The third kappa shape index (κ3) is 5.37. The Labute approximate surface area is 215 Å². The number of hydrogen-bond acceptors (Lipinski definition) is 5. The predicted molar refractivity (Wildman–Crippen MR) is 151 cm³/mol. The molecule has 2 heterocycles. The quantitative estimate of drug-likeness (QED) is 0.155. The highest BCUT2D eigenvalue weighted by molar-refractivity contribution is 7.19. The number of pyridine rings is 1. The van der Waals surface area contributed by atoms with Crippen molar-refractivity contribution < 1.29 is 4.74 Å². The van der Waals surface area contributed by atoms with Crippen LogP contribution in [0, 0.1) is 0 Å². The molecule has 0 aliphatic rings. The van der Waals surface area contributed by atoms with Crippen LogP contribution in [0.15, 0.2) is 66.7 Å². The van der Waals surface area contributed by atoms with Gasteiger partial charge in [0.25, 0.3) is 0 Å². The van der Waals surface area contributed by atoms with E-state index in [1.807, 2.05) is 35.6 Å². The number of rotatable bonds is 10. The van der Waals surface area contributed by atoms with E-state index >= 15 is 0 Å². The lowest BCUT2D eigenvalue weighted by molar-refractivity contribution is 0.267. The molecule has 6 heteroatoms. The molecule has 35 heavy (non-hydrogen) atoms. The average Bonchev–Trinajstić information content (AvgIpc) is 3.28. The largest absolute Gasteiger partial charge is 0.497 e. The lowest BCUT2D eigenvalue weighted by Crippen LogP contribution is -2.26. The monoisotopic (exact) mass is 503 g/mol. The van der Waals surface area contributed by atoms with Gasteiger partial charge < -0.3 is 10.1 Å². The minimum Gasteiger partial charge on any atom is -0.497 e. The molecule has 2 aromatic heterocycles. The van der Waals surface area contributed by atoms with Gasteiger partial charge in [-0.3, -0.25) is 4.90 Å². The van der Waals surface area contributed by atoms with Crippen LogP contribution in [0.1, 0.15) is 24.6 Å². The van der Waals surface area contributed by atoms with Crippen molar-refractivity contribution in [2.24, 2.45) is 0 Å². The molecule has 0 atom stereocenters. The molecule has 3 aromatic carbocycles. The summed E-state index contributed by atoms with van der Waals surface area (Å²) in [4.78, 5) is 8.83. The Kier molecular flexibility index (Phi) is 7.37. The van der Waals surface area contributed by atoms with Crippen molar-refractivity contribution >= 4 is 60.5 Å². The van der Waals surface area contributed by atoms with E-state index in [1.165, 1.54) is 15.0 Å². The second kappa shape index (κ2) is 10.8. The van der Waals surface area contributed by atoms with Crippen molar-refractivity contribution in [3.05, 3.63) is 76.6 Å². The Morgan fingerprint density at radius 1 is 0.971 bits per heavy atom. The molecule has 5 rings (SSSR count). The van der Waals surface area contributed by atoms with Crippen LogP contribution < -0.4 is 10.1 Å². The molecule has 0 amide bonds. The topological polar surface area (TPSA) is 37.4 Å². The molecule has 180 valence electrons. The van der Waals surface area contributed by atoms with E-state index in [1.54, 1.807) is 7.11 Å². The Balaban J connectivity index is 1.32. The number of benzene rings is 3. The molecule has 1 N–H and O–H groups in total. The molecule has 0 bridgehead atoms. The minimum absolute atomic E-state index is 0.695. The van der Waals surface area contributed by atoms with Gasteiger partial charge in [-0.05, 0) is 73.3 Å². The first-order valence-electron chi connectivity index (χ1n) is 12.2. The summed E-state index contributed by atoms with van der Waals surface area (Å²) in [6, 6.07) is 22.9. The highest BCUT2D eigenvalue weighted by atomic mass is 35.5. The van der Waals surface area contributed by atoms with Gasteiger partial charge in [0.1, 0.15) is 5.75 Å². The van der Waals surface area contributed by atoms with Crippen LogP contribution in [0.5, 0.6) is 5.75 Å². The Morgan fingerprint density at radius 2 is 1.86 bits per heavy atom. The lowest BCUT2D eigenvalue weighted by atomic mass is 10.1. The van der Waals surface area contributed by atoms with E-state index in [9.17, 15) is 0 Å². The second-order valence-corrected chi connectivity index (χ2v) is 10.4. The Hall–Kier alpha value is -2.86. The smallest absolute Gasteiger partial charge is 0.119 e. The maximum atomic E-state index is 6.27. The second-order valence-electron chi connectivity index (χ2n) is 8.84. The molecule has 0 aliphatic heterocycles. The molecular formula is C29H30ClN3OS. The number of methoxy groups -OCH3 is 1. The number of halogens is 1. The number of fused-ring (bicyclic) bond motifs is 3. The molecule has 0 unspecified atom stereocenters. The predicted octanol–water partition coefficient (Wildman–Crippen LogP) is 7.98. The molecule has 4 nitrogen and oxygen atoms in total. The summed E-state index contributed by atoms with van der Waals surface area (Å²) >= 11 is 8.18. The summed E-state index contributed by atoms with van der Waals surface area (Å²) in [5, 5.41) is 7.90. The summed E-state index contributed by atoms with van der Waals surface area (Å²) in [6.07, 6.45) is 2.20. The van der Waals surface area contributed by atoms with Crippen LogP contribution in [0.3, 0.4) is 0 Å². The standard InChI is InChI=1S/C29H30ClN3OS/c1-3-14-33(19-23-16-20-7-4-5-8-28(20)35-23)15-6-13-31-29-24-11-9-21(30)17-27(24)32-26-12-10-22(34-2)18-25(26)29/h4-5,7-12,16-18H,3,6,13-15,19H2,1-2H3,(H,31,32). The molecule has 0 radical (unpaired) electrons. The van der Waals surface area contributed by atoms with E-state index in [-0.39, 0.29) is 0 Å². The van der Waals surface area contributed by atoms with Crippen molar-refractivity contribution in [3.63, 3.8) is 0 Å². The van der Waals surface area contributed by atoms with Crippen LogP contribution in [0.2, 0.25) is 5.02 Å². The maximum absolute atomic E-state index is 6.27. The Bertz CT molecular complexity index is 1430. The highest BCUT2D eigenvalue weighted by Crippen LogP contribution is 2.34. The van der Waals surface area contributed by atoms with E-state index in [0.717, 1.165) is 72.3 Å². The molecule has 0 saturated carbocycles. The van der Waals surface area contributed by atoms with Crippen LogP contribution in [0.4, 0.5) is 5.69 Å². The average molecular weight is 504 g/mol. The zero-order valence-corrected chi connectivity index (χ0v) is 21.8. The van der Waals surface area contributed by atoms with Crippen LogP contribution in [-0.4, -0.2) is 36.6 Å². The number of thiophene rings is 1. The summed E-state index contributed by atoms with van der Waals surface area (Å²) < 4.78 is 6.86. The van der Waals surface area contributed by atoms with E-state index in [4.69, 9.17) is 21.3 Å². The van der Waals surface area contributed by atoms with Gasteiger partial charge in [0.2, 0.25) is 0 Å². The molecule has 0 aliphatic carbocycles. The van der Waals surface area contributed by atoms with Gasteiger partial charge in [-0.15, -0.1) is 11.3 Å². The highest BCUT2D eigenvalue weighted by Gasteiger charge is 2.12. The first-order chi connectivity index (χ1) is 17.1. The van der Waals surface area contributed by atoms with Crippen molar-refractivity contribution in [1.82, 2.24) is 9.88 Å². The normalized spacial score (nSPS) is 11.7. The van der Waals surface area contributed by atoms with Crippen molar-refractivity contribution in [3.8, 4) is 5.75 Å². The van der Waals surface area contributed by atoms with Gasteiger partial charge in [0, 0.05) is 45.0 Å². The van der Waals surface area contributed by atoms with Crippen LogP contribution in [-0.2, 0) is 6.54 Å². The number of anilines is 1. The van der Waals surface area contributed by atoms with E-state index in [0.29, 0.717) is 5.02 Å².